The molecule has 0 atom stereocenters. The first kappa shape index (κ1) is 14.5. The predicted molar refractivity (Wildman–Crippen MR) is 74.4 cm³/mol. The molecule has 6 heteroatoms. The molecule has 4 nitrogen and oxygen atoms in total. The van der Waals surface area contributed by atoms with E-state index in [1.165, 1.54) is 7.11 Å². The minimum absolute atomic E-state index is 0.132. The second kappa shape index (κ2) is 6.01. The monoisotopic (exact) mass is 304 g/mol. The highest BCUT2D eigenvalue weighted by Gasteiger charge is 2.22. The van der Waals surface area contributed by atoms with Crippen molar-refractivity contribution in [1.29, 1.82) is 0 Å². The maximum absolute atomic E-state index is 11.3. The Hall–Kier alpha value is -0.940. The first-order valence-corrected chi connectivity index (χ1v) is 8.72. The molecule has 106 valence electrons. The second-order valence-electron chi connectivity index (χ2n) is 4.66. The van der Waals surface area contributed by atoms with Gasteiger partial charge in [0.2, 0.25) is 9.05 Å². The zero-order valence-corrected chi connectivity index (χ0v) is 12.3. The molecule has 0 amide bonds. The van der Waals surface area contributed by atoms with E-state index in [1.54, 1.807) is 18.2 Å². The molecule has 0 aromatic heterocycles. The molecule has 2 rings (SSSR count). The molecule has 0 N–H and O–H groups in total. The van der Waals surface area contributed by atoms with Crippen LogP contribution in [0.4, 0.5) is 0 Å². The van der Waals surface area contributed by atoms with Crippen molar-refractivity contribution in [2.45, 2.75) is 37.5 Å². The van der Waals surface area contributed by atoms with Gasteiger partial charge in [-0.2, -0.15) is 0 Å². The SMILES string of the molecule is COc1cccc(CS(=O)(=O)Cl)c1OC1CCCC1. The average molecular weight is 305 g/mol. The molecule has 1 aromatic carbocycles. The Balaban J connectivity index is 2.30. The molecule has 0 heterocycles. The van der Waals surface area contributed by atoms with Gasteiger partial charge in [-0.3, -0.25) is 0 Å². The molecular weight excluding hydrogens is 288 g/mol. The number of hydrogen-bond donors (Lipinski definition) is 0. The van der Waals surface area contributed by atoms with Gasteiger partial charge >= 0.3 is 0 Å². The van der Waals surface area contributed by atoms with Crippen molar-refractivity contribution in [3.05, 3.63) is 23.8 Å². The van der Waals surface area contributed by atoms with Crippen molar-refractivity contribution in [3.8, 4) is 11.5 Å². The third-order valence-electron chi connectivity index (χ3n) is 3.19. The van der Waals surface area contributed by atoms with Gasteiger partial charge in [-0.1, -0.05) is 12.1 Å². The fourth-order valence-electron chi connectivity index (χ4n) is 2.33. The third kappa shape index (κ3) is 4.01. The first-order chi connectivity index (χ1) is 8.99. The van der Waals surface area contributed by atoms with Crippen LogP contribution in [0.3, 0.4) is 0 Å². The van der Waals surface area contributed by atoms with Gasteiger partial charge in [-0.25, -0.2) is 8.42 Å². The third-order valence-corrected chi connectivity index (χ3v) is 4.18. The molecule has 1 aromatic rings. The van der Waals surface area contributed by atoms with Crippen molar-refractivity contribution in [3.63, 3.8) is 0 Å². The Bertz CT molecular complexity index is 536. The standard InChI is InChI=1S/C13H17ClO4S/c1-17-12-8-4-5-10(9-19(14,15)16)13(12)18-11-6-2-3-7-11/h4-5,8,11H,2-3,6-7,9H2,1H3. The van der Waals surface area contributed by atoms with E-state index in [9.17, 15) is 8.42 Å². The van der Waals surface area contributed by atoms with Crippen LogP contribution in [-0.2, 0) is 14.8 Å². The second-order valence-corrected chi connectivity index (χ2v) is 7.43. The van der Waals surface area contributed by atoms with Crippen LogP contribution in [0.15, 0.2) is 18.2 Å². The maximum Gasteiger partial charge on any atom is 0.236 e. The normalized spacial score (nSPS) is 16.5. The summed E-state index contributed by atoms with van der Waals surface area (Å²) in [5.41, 5.74) is 0.543. The van der Waals surface area contributed by atoms with Gasteiger partial charge in [0.25, 0.3) is 0 Å². The molecule has 1 saturated carbocycles. The molecule has 0 bridgehead atoms. The molecule has 1 aliphatic rings. The van der Waals surface area contributed by atoms with Crippen molar-refractivity contribution >= 4 is 19.7 Å². The summed E-state index contributed by atoms with van der Waals surface area (Å²) in [5, 5.41) is 0. The van der Waals surface area contributed by atoms with Gasteiger partial charge in [-0.15, -0.1) is 0 Å². The molecule has 0 aliphatic heterocycles. The Morgan fingerprint density at radius 3 is 2.58 bits per heavy atom. The highest BCUT2D eigenvalue weighted by molar-refractivity contribution is 8.13. The quantitative estimate of drug-likeness (QED) is 0.784. The van der Waals surface area contributed by atoms with E-state index in [0.29, 0.717) is 17.1 Å². The fourth-order valence-corrected chi connectivity index (χ4v) is 3.28. The van der Waals surface area contributed by atoms with E-state index in [2.05, 4.69) is 0 Å². The topological polar surface area (TPSA) is 52.6 Å². The van der Waals surface area contributed by atoms with Crippen molar-refractivity contribution in [2.24, 2.45) is 0 Å². The van der Waals surface area contributed by atoms with Crippen molar-refractivity contribution in [2.75, 3.05) is 7.11 Å². The van der Waals surface area contributed by atoms with Crippen LogP contribution in [-0.4, -0.2) is 21.6 Å². The first-order valence-electron chi connectivity index (χ1n) is 6.24. The minimum Gasteiger partial charge on any atom is -0.493 e. The zero-order valence-electron chi connectivity index (χ0n) is 10.8. The van der Waals surface area contributed by atoms with Crippen LogP contribution >= 0.6 is 10.7 Å². The summed E-state index contributed by atoms with van der Waals surface area (Å²) in [5.74, 6) is 0.791. The lowest BCUT2D eigenvalue weighted by atomic mass is 10.2. The maximum atomic E-state index is 11.3. The van der Waals surface area contributed by atoms with Crippen LogP contribution in [0.2, 0.25) is 0 Å². The lowest BCUT2D eigenvalue weighted by Crippen LogP contribution is -2.13. The Kier molecular flexibility index (Phi) is 4.58. The smallest absolute Gasteiger partial charge is 0.236 e. The molecule has 1 fully saturated rings. The summed E-state index contributed by atoms with van der Waals surface area (Å²) in [6.07, 6.45) is 4.40. The number of ether oxygens (including phenoxy) is 2. The summed E-state index contributed by atoms with van der Waals surface area (Å²) in [6, 6.07) is 5.19. The van der Waals surface area contributed by atoms with Crippen molar-refractivity contribution in [1.82, 2.24) is 0 Å². The molecule has 1 aliphatic carbocycles. The number of para-hydroxylation sites is 1. The number of hydrogen-bond acceptors (Lipinski definition) is 4. The molecule has 0 radical (unpaired) electrons. The van der Waals surface area contributed by atoms with Crippen LogP contribution in [0, 0.1) is 0 Å². The van der Waals surface area contributed by atoms with Crippen LogP contribution < -0.4 is 9.47 Å². The number of benzene rings is 1. The molecular formula is C13H17ClO4S. The van der Waals surface area contributed by atoms with E-state index >= 15 is 0 Å². The van der Waals surface area contributed by atoms with Crippen LogP contribution in [0.5, 0.6) is 11.5 Å². The molecule has 0 saturated heterocycles. The Morgan fingerprint density at radius 1 is 1.32 bits per heavy atom. The average Bonchev–Trinajstić information content (AvgIpc) is 2.82. The van der Waals surface area contributed by atoms with Gasteiger partial charge in [0.1, 0.15) is 0 Å². The number of rotatable bonds is 5. The molecule has 0 spiro atoms. The van der Waals surface area contributed by atoms with Gasteiger partial charge < -0.3 is 9.47 Å². The van der Waals surface area contributed by atoms with Crippen LogP contribution in [0.25, 0.3) is 0 Å². The van der Waals surface area contributed by atoms with E-state index in [0.717, 1.165) is 25.7 Å². The minimum atomic E-state index is -3.62. The van der Waals surface area contributed by atoms with E-state index in [4.69, 9.17) is 20.2 Å². The summed E-state index contributed by atoms with van der Waals surface area (Å²) in [4.78, 5) is 0. The van der Waals surface area contributed by atoms with Gasteiger partial charge in [0, 0.05) is 16.2 Å². The Labute approximate surface area is 118 Å². The fraction of sp³-hybridized carbons (Fsp3) is 0.538. The predicted octanol–water partition coefficient (Wildman–Crippen LogP) is 3.09. The van der Waals surface area contributed by atoms with Gasteiger partial charge in [0.05, 0.1) is 19.0 Å². The molecule has 0 unspecified atom stereocenters. The highest BCUT2D eigenvalue weighted by atomic mass is 35.7. The number of methoxy groups -OCH3 is 1. The van der Waals surface area contributed by atoms with Crippen molar-refractivity contribution < 1.29 is 17.9 Å². The summed E-state index contributed by atoms with van der Waals surface area (Å²) in [6.45, 7) is 0. The zero-order chi connectivity index (χ0) is 13.9. The highest BCUT2D eigenvalue weighted by Crippen LogP contribution is 2.36. The Morgan fingerprint density at radius 2 is 2.00 bits per heavy atom. The summed E-state index contributed by atoms with van der Waals surface area (Å²) < 4.78 is 33.7. The van der Waals surface area contributed by atoms with E-state index in [-0.39, 0.29) is 11.9 Å². The van der Waals surface area contributed by atoms with E-state index < -0.39 is 9.05 Å². The lowest BCUT2D eigenvalue weighted by molar-refractivity contribution is 0.199. The largest absolute Gasteiger partial charge is 0.493 e. The molecule has 19 heavy (non-hydrogen) atoms. The number of halogens is 1. The summed E-state index contributed by atoms with van der Waals surface area (Å²) >= 11 is 0. The summed E-state index contributed by atoms with van der Waals surface area (Å²) in [7, 11) is 3.24. The van der Waals surface area contributed by atoms with Crippen LogP contribution in [0.1, 0.15) is 31.2 Å². The van der Waals surface area contributed by atoms with Gasteiger partial charge in [-0.05, 0) is 31.7 Å². The lowest BCUT2D eigenvalue weighted by Gasteiger charge is -2.18. The van der Waals surface area contributed by atoms with E-state index in [1.807, 2.05) is 0 Å². The van der Waals surface area contributed by atoms with Gasteiger partial charge in [0.15, 0.2) is 11.5 Å².